The summed E-state index contributed by atoms with van der Waals surface area (Å²) < 4.78 is 0. The fraction of sp³-hybridized carbons (Fsp3) is 0.188. The Bertz CT molecular complexity index is 581. The van der Waals surface area contributed by atoms with Crippen molar-refractivity contribution in [3.63, 3.8) is 0 Å². The van der Waals surface area contributed by atoms with E-state index in [1.54, 1.807) is 17.8 Å². The molecule has 4 heteroatoms. The Hall–Kier alpha value is -1.78. The van der Waals surface area contributed by atoms with Crippen molar-refractivity contribution in [3.8, 4) is 0 Å². The summed E-state index contributed by atoms with van der Waals surface area (Å²) >= 11 is 1.78. The molecule has 1 amide bonds. The molecule has 0 aliphatic heterocycles. The predicted octanol–water partition coefficient (Wildman–Crippen LogP) is 2.71. The van der Waals surface area contributed by atoms with Crippen LogP contribution in [0.2, 0.25) is 0 Å². The molecule has 0 bridgehead atoms. The SMILES string of the molecule is NC(=O)c1cccc(CSCc2ccc(CO)cc2)c1. The van der Waals surface area contributed by atoms with Crippen LogP contribution in [-0.4, -0.2) is 11.0 Å². The third-order valence-corrected chi connectivity index (χ3v) is 4.03. The van der Waals surface area contributed by atoms with Crippen molar-refractivity contribution in [3.05, 3.63) is 70.8 Å². The molecule has 0 saturated heterocycles. The van der Waals surface area contributed by atoms with Crippen LogP contribution in [0.3, 0.4) is 0 Å². The van der Waals surface area contributed by atoms with Gasteiger partial charge in [0.1, 0.15) is 0 Å². The second kappa shape index (κ2) is 7.12. The third kappa shape index (κ3) is 4.11. The monoisotopic (exact) mass is 287 g/mol. The van der Waals surface area contributed by atoms with E-state index in [0.29, 0.717) is 5.56 Å². The zero-order chi connectivity index (χ0) is 14.4. The predicted molar refractivity (Wildman–Crippen MR) is 82.3 cm³/mol. The van der Waals surface area contributed by atoms with Crippen LogP contribution in [-0.2, 0) is 18.1 Å². The average Bonchev–Trinajstić information content (AvgIpc) is 2.48. The molecule has 0 saturated carbocycles. The van der Waals surface area contributed by atoms with Gasteiger partial charge in [0.15, 0.2) is 0 Å². The average molecular weight is 287 g/mol. The summed E-state index contributed by atoms with van der Waals surface area (Å²) in [5.74, 6) is 1.34. The van der Waals surface area contributed by atoms with Crippen LogP contribution in [0.4, 0.5) is 0 Å². The van der Waals surface area contributed by atoms with Crippen LogP contribution in [0, 0.1) is 0 Å². The van der Waals surface area contributed by atoms with Crippen molar-refractivity contribution < 1.29 is 9.90 Å². The molecule has 3 nitrogen and oxygen atoms in total. The van der Waals surface area contributed by atoms with E-state index in [1.807, 2.05) is 42.5 Å². The molecule has 104 valence electrons. The number of aliphatic hydroxyl groups is 1. The lowest BCUT2D eigenvalue weighted by molar-refractivity contribution is 0.1000. The molecule has 0 heterocycles. The molecule has 0 aliphatic rings. The first-order valence-electron chi connectivity index (χ1n) is 6.34. The fourth-order valence-corrected chi connectivity index (χ4v) is 2.79. The molecule has 0 aromatic heterocycles. The minimum absolute atomic E-state index is 0.0767. The van der Waals surface area contributed by atoms with Gasteiger partial charge in [-0.25, -0.2) is 0 Å². The topological polar surface area (TPSA) is 63.3 Å². The molecule has 0 atom stereocenters. The van der Waals surface area contributed by atoms with E-state index in [1.165, 1.54) is 5.56 Å². The number of amides is 1. The fourth-order valence-electron chi connectivity index (χ4n) is 1.84. The maximum atomic E-state index is 11.1. The maximum Gasteiger partial charge on any atom is 0.248 e. The van der Waals surface area contributed by atoms with Gasteiger partial charge in [0.2, 0.25) is 5.91 Å². The number of carbonyl (C=O) groups is 1. The number of hydrogen-bond acceptors (Lipinski definition) is 3. The van der Waals surface area contributed by atoms with Gasteiger partial charge in [-0.05, 0) is 28.8 Å². The highest BCUT2D eigenvalue weighted by Gasteiger charge is 2.02. The van der Waals surface area contributed by atoms with Crippen molar-refractivity contribution in [1.29, 1.82) is 0 Å². The summed E-state index contributed by atoms with van der Waals surface area (Å²) in [5, 5.41) is 8.98. The number of thioether (sulfide) groups is 1. The summed E-state index contributed by atoms with van der Waals surface area (Å²) in [6.07, 6.45) is 0. The van der Waals surface area contributed by atoms with Crippen molar-refractivity contribution in [2.75, 3.05) is 0 Å². The highest BCUT2D eigenvalue weighted by atomic mass is 32.2. The zero-order valence-electron chi connectivity index (χ0n) is 11.1. The normalized spacial score (nSPS) is 10.4. The Kier molecular flexibility index (Phi) is 5.21. The van der Waals surface area contributed by atoms with Gasteiger partial charge >= 0.3 is 0 Å². The maximum absolute atomic E-state index is 11.1. The molecule has 2 aromatic rings. The molecule has 0 fully saturated rings. The van der Waals surface area contributed by atoms with Crippen molar-refractivity contribution in [2.45, 2.75) is 18.1 Å². The van der Waals surface area contributed by atoms with Gasteiger partial charge in [-0.1, -0.05) is 36.4 Å². The second-order valence-corrected chi connectivity index (χ2v) is 5.52. The van der Waals surface area contributed by atoms with Gasteiger partial charge in [0, 0.05) is 17.1 Å². The van der Waals surface area contributed by atoms with Crippen LogP contribution in [0.15, 0.2) is 48.5 Å². The Morgan fingerprint density at radius 3 is 2.30 bits per heavy atom. The number of rotatable bonds is 6. The van der Waals surface area contributed by atoms with Gasteiger partial charge < -0.3 is 10.8 Å². The molecule has 0 radical (unpaired) electrons. The van der Waals surface area contributed by atoms with Crippen LogP contribution in [0.5, 0.6) is 0 Å². The van der Waals surface area contributed by atoms with Crippen LogP contribution >= 0.6 is 11.8 Å². The molecular formula is C16H17NO2S. The minimum atomic E-state index is -0.392. The van der Waals surface area contributed by atoms with E-state index in [4.69, 9.17) is 10.8 Å². The quantitative estimate of drug-likeness (QED) is 0.858. The minimum Gasteiger partial charge on any atom is -0.392 e. The van der Waals surface area contributed by atoms with E-state index < -0.39 is 5.91 Å². The van der Waals surface area contributed by atoms with Crippen molar-refractivity contribution in [1.82, 2.24) is 0 Å². The van der Waals surface area contributed by atoms with Crippen molar-refractivity contribution >= 4 is 17.7 Å². The standard InChI is InChI=1S/C16H17NO2S/c17-16(19)15-3-1-2-14(8-15)11-20-10-13-6-4-12(9-18)5-7-13/h1-8,18H,9-11H2,(H2,17,19). The summed E-state index contributed by atoms with van der Waals surface area (Å²) in [4.78, 5) is 11.1. The van der Waals surface area contributed by atoms with Gasteiger partial charge in [-0.2, -0.15) is 11.8 Å². The first-order valence-corrected chi connectivity index (χ1v) is 7.49. The lowest BCUT2D eigenvalue weighted by Crippen LogP contribution is -2.10. The molecule has 0 spiro atoms. The molecular weight excluding hydrogens is 270 g/mol. The molecule has 0 aliphatic carbocycles. The Morgan fingerprint density at radius 1 is 1.00 bits per heavy atom. The number of benzene rings is 2. The highest BCUT2D eigenvalue weighted by Crippen LogP contribution is 2.19. The van der Waals surface area contributed by atoms with E-state index in [0.717, 1.165) is 22.6 Å². The Balaban J connectivity index is 1.88. The van der Waals surface area contributed by atoms with Crippen LogP contribution in [0.25, 0.3) is 0 Å². The summed E-state index contributed by atoms with van der Waals surface area (Å²) in [7, 11) is 0. The Labute approximate surface area is 122 Å². The molecule has 20 heavy (non-hydrogen) atoms. The zero-order valence-corrected chi connectivity index (χ0v) is 11.9. The third-order valence-electron chi connectivity index (χ3n) is 2.95. The highest BCUT2D eigenvalue weighted by molar-refractivity contribution is 7.97. The smallest absolute Gasteiger partial charge is 0.248 e. The Morgan fingerprint density at radius 2 is 1.65 bits per heavy atom. The van der Waals surface area contributed by atoms with E-state index in [2.05, 4.69) is 0 Å². The lowest BCUT2D eigenvalue weighted by Gasteiger charge is -2.05. The van der Waals surface area contributed by atoms with Gasteiger partial charge in [0.05, 0.1) is 6.61 Å². The molecule has 0 unspecified atom stereocenters. The molecule has 2 aromatic carbocycles. The van der Waals surface area contributed by atoms with E-state index in [9.17, 15) is 4.79 Å². The van der Waals surface area contributed by atoms with Gasteiger partial charge in [0.25, 0.3) is 0 Å². The lowest BCUT2D eigenvalue weighted by atomic mass is 10.1. The molecule has 3 N–H and O–H groups in total. The number of primary amides is 1. The summed E-state index contributed by atoms with van der Waals surface area (Å²) in [6, 6.07) is 15.3. The first kappa shape index (κ1) is 14.6. The number of hydrogen-bond donors (Lipinski definition) is 2. The van der Waals surface area contributed by atoms with Gasteiger partial charge in [-0.3, -0.25) is 4.79 Å². The summed E-state index contributed by atoms with van der Waals surface area (Å²) in [6.45, 7) is 0.0767. The first-order chi connectivity index (χ1) is 9.69. The number of aliphatic hydroxyl groups excluding tert-OH is 1. The van der Waals surface area contributed by atoms with Crippen LogP contribution in [0.1, 0.15) is 27.0 Å². The number of nitrogens with two attached hydrogens (primary N) is 1. The number of carbonyl (C=O) groups excluding carboxylic acids is 1. The van der Waals surface area contributed by atoms with E-state index >= 15 is 0 Å². The summed E-state index contributed by atoms with van der Waals surface area (Å²) in [5.41, 5.74) is 9.06. The second-order valence-electron chi connectivity index (χ2n) is 4.53. The van der Waals surface area contributed by atoms with E-state index in [-0.39, 0.29) is 6.61 Å². The molecule has 2 rings (SSSR count). The van der Waals surface area contributed by atoms with Crippen LogP contribution < -0.4 is 5.73 Å². The largest absolute Gasteiger partial charge is 0.392 e. The van der Waals surface area contributed by atoms with Gasteiger partial charge in [-0.15, -0.1) is 0 Å². The van der Waals surface area contributed by atoms with Crippen molar-refractivity contribution in [2.24, 2.45) is 5.73 Å².